The number of anilines is 2. The molecule has 2 aromatic rings. The second-order valence-corrected chi connectivity index (χ2v) is 6.19. The van der Waals surface area contributed by atoms with E-state index in [2.05, 4.69) is 24.5 Å². The number of nitriles is 1. The van der Waals surface area contributed by atoms with Crippen LogP contribution in [0.2, 0.25) is 0 Å². The van der Waals surface area contributed by atoms with E-state index in [1.54, 1.807) is 31.4 Å². The average Bonchev–Trinajstić information content (AvgIpc) is 2.63. The van der Waals surface area contributed by atoms with Crippen LogP contribution >= 0.6 is 0 Å². The lowest BCUT2D eigenvalue weighted by Crippen LogP contribution is -2.14. The average molecular weight is 349 g/mol. The number of carbonyl (C=O) groups excluding carboxylic acids is 1. The Kier molecular flexibility index (Phi) is 6.40. The van der Waals surface area contributed by atoms with Gasteiger partial charge in [-0.3, -0.25) is 4.79 Å². The number of ether oxygens (including phenoxy) is 1. The van der Waals surface area contributed by atoms with Crippen molar-refractivity contribution < 1.29 is 9.53 Å². The van der Waals surface area contributed by atoms with Crippen LogP contribution in [0.1, 0.15) is 30.9 Å². The van der Waals surface area contributed by atoms with Gasteiger partial charge in [-0.15, -0.1) is 0 Å². The van der Waals surface area contributed by atoms with Gasteiger partial charge in [-0.05, 0) is 48.2 Å². The van der Waals surface area contributed by atoms with E-state index < -0.39 is 5.91 Å². The van der Waals surface area contributed by atoms with Gasteiger partial charge in [0.05, 0.1) is 7.11 Å². The fourth-order valence-electron chi connectivity index (χ4n) is 2.53. The second kappa shape index (κ2) is 8.72. The zero-order valence-electron chi connectivity index (χ0n) is 15.5. The third kappa shape index (κ3) is 4.64. The molecule has 5 nitrogen and oxygen atoms in total. The van der Waals surface area contributed by atoms with Crippen molar-refractivity contribution >= 4 is 17.3 Å². The number of hydrogen-bond acceptors (Lipinski definition) is 4. The predicted molar refractivity (Wildman–Crippen MR) is 104 cm³/mol. The summed E-state index contributed by atoms with van der Waals surface area (Å²) in [6.07, 6.45) is 1.45. The Morgan fingerprint density at radius 2 is 1.88 bits per heavy atom. The molecule has 0 aromatic heterocycles. The van der Waals surface area contributed by atoms with Crippen LogP contribution in [0.3, 0.4) is 0 Å². The maximum absolute atomic E-state index is 12.3. The van der Waals surface area contributed by atoms with E-state index >= 15 is 0 Å². The summed E-state index contributed by atoms with van der Waals surface area (Å²) >= 11 is 0. The summed E-state index contributed by atoms with van der Waals surface area (Å²) in [6.45, 7) is 6.20. The van der Waals surface area contributed by atoms with E-state index in [-0.39, 0.29) is 5.57 Å². The summed E-state index contributed by atoms with van der Waals surface area (Å²) in [5, 5.41) is 15.2. The van der Waals surface area contributed by atoms with E-state index in [0.29, 0.717) is 17.4 Å². The van der Waals surface area contributed by atoms with Crippen LogP contribution in [0.4, 0.5) is 11.4 Å². The van der Waals surface area contributed by atoms with Crippen LogP contribution in [0.25, 0.3) is 0 Å². The van der Waals surface area contributed by atoms with Gasteiger partial charge in [-0.1, -0.05) is 32.0 Å². The molecular formula is C21H23N3O2. The minimum Gasteiger partial charge on any atom is -0.497 e. The zero-order valence-corrected chi connectivity index (χ0v) is 15.5. The number of amides is 1. The van der Waals surface area contributed by atoms with Crippen molar-refractivity contribution in [1.29, 1.82) is 5.26 Å². The first-order chi connectivity index (χ1) is 12.5. The summed E-state index contributed by atoms with van der Waals surface area (Å²) in [6, 6.07) is 14.9. The van der Waals surface area contributed by atoms with Crippen LogP contribution < -0.4 is 15.4 Å². The Bertz CT molecular complexity index is 847. The molecule has 2 aromatic carbocycles. The minimum absolute atomic E-state index is 0.00113. The molecule has 1 amide bonds. The first kappa shape index (κ1) is 19.1. The highest BCUT2D eigenvalue weighted by Crippen LogP contribution is 2.27. The van der Waals surface area contributed by atoms with Crippen molar-refractivity contribution in [3.8, 4) is 11.8 Å². The number of hydrogen-bond donors (Lipinski definition) is 2. The number of aryl methyl sites for hydroxylation is 1. The molecule has 26 heavy (non-hydrogen) atoms. The van der Waals surface area contributed by atoms with Crippen LogP contribution in [0.5, 0.6) is 5.75 Å². The lowest BCUT2D eigenvalue weighted by atomic mass is 9.98. The molecule has 0 bridgehead atoms. The third-order valence-electron chi connectivity index (χ3n) is 4.00. The van der Waals surface area contributed by atoms with Gasteiger partial charge >= 0.3 is 0 Å². The summed E-state index contributed by atoms with van der Waals surface area (Å²) in [5.74, 6) is 0.552. The van der Waals surface area contributed by atoms with Crippen LogP contribution in [0.15, 0.2) is 54.2 Å². The van der Waals surface area contributed by atoms with Crippen molar-refractivity contribution in [3.05, 3.63) is 65.4 Å². The minimum atomic E-state index is -0.468. The number of nitrogens with one attached hydrogen (secondary N) is 2. The summed E-state index contributed by atoms with van der Waals surface area (Å²) in [5.41, 5.74) is 3.70. The van der Waals surface area contributed by atoms with Crippen LogP contribution in [-0.2, 0) is 4.79 Å². The molecule has 0 saturated heterocycles. The SMILES string of the molecule is COc1ccc(NC(=O)/C(C#N)=C\Nc2c(C)cccc2C(C)C)cc1. The number of benzene rings is 2. The van der Waals surface area contributed by atoms with Gasteiger partial charge in [0.15, 0.2) is 0 Å². The highest BCUT2D eigenvalue weighted by Gasteiger charge is 2.12. The zero-order chi connectivity index (χ0) is 19.1. The van der Waals surface area contributed by atoms with E-state index in [1.807, 2.05) is 31.2 Å². The van der Waals surface area contributed by atoms with Crippen molar-refractivity contribution in [3.63, 3.8) is 0 Å². The van der Waals surface area contributed by atoms with Crippen molar-refractivity contribution in [2.75, 3.05) is 17.7 Å². The molecular weight excluding hydrogens is 326 g/mol. The molecule has 0 heterocycles. The first-order valence-electron chi connectivity index (χ1n) is 8.38. The van der Waals surface area contributed by atoms with Gasteiger partial charge in [-0.25, -0.2) is 0 Å². The van der Waals surface area contributed by atoms with Crippen LogP contribution in [-0.4, -0.2) is 13.0 Å². The Balaban J connectivity index is 2.17. The molecule has 0 fully saturated rings. The summed E-state index contributed by atoms with van der Waals surface area (Å²) < 4.78 is 5.09. The highest BCUT2D eigenvalue weighted by atomic mass is 16.5. The quantitative estimate of drug-likeness (QED) is 0.591. The largest absolute Gasteiger partial charge is 0.497 e. The molecule has 0 saturated carbocycles. The molecule has 134 valence electrons. The molecule has 2 N–H and O–H groups in total. The monoisotopic (exact) mass is 349 g/mol. The Labute approximate surface area is 154 Å². The third-order valence-corrected chi connectivity index (χ3v) is 4.00. The first-order valence-corrected chi connectivity index (χ1v) is 8.38. The molecule has 2 rings (SSSR count). The predicted octanol–water partition coefficient (Wildman–Crippen LogP) is 4.59. The smallest absolute Gasteiger partial charge is 0.267 e. The van der Waals surface area contributed by atoms with E-state index in [9.17, 15) is 10.1 Å². The number of nitrogens with zero attached hydrogens (tertiary/aromatic N) is 1. The molecule has 0 aliphatic heterocycles. The maximum Gasteiger partial charge on any atom is 0.267 e. The standard InChI is InChI=1S/C21H23N3O2/c1-14(2)19-7-5-6-15(3)20(19)23-13-16(12-22)21(25)24-17-8-10-18(26-4)11-9-17/h5-11,13-14,23H,1-4H3,(H,24,25)/b16-13-. The van der Waals surface area contributed by atoms with Gasteiger partial charge in [0.2, 0.25) is 0 Å². The fraction of sp³-hybridized carbons (Fsp3) is 0.238. The second-order valence-electron chi connectivity index (χ2n) is 6.19. The van der Waals surface area contributed by atoms with E-state index in [1.165, 1.54) is 6.20 Å². The number of carbonyl (C=O) groups is 1. The number of rotatable bonds is 6. The molecule has 0 atom stereocenters. The lowest BCUT2D eigenvalue weighted by molar-refractivity contribution is -0.112. The van der Waals surface area contributed by atoms with E-state index in [4.69, 9.17) is 4.74 Å². The molecule has 0 aliphatic carbocycles. The lowest BCUT2D eigenvalue weighted by Gasteiger charge is -2.15. The van der Waals surface area contributed by atoms with Gasteiger partial charge in [-0.2, -0.15) is 5.26 Å². The topological polar surface area (TPSA) is 74.1 Å². The Hall–Kier alpha value is -3.26. The molecule has 5 heteroatoms. The normalized spacial score (nSPS) is 11.0. The van der Waals surface area contributed by atoms with E-state index in [0.717, 1.165) is 16.8 Å². The fourth-order valence-corrected chi connectivity index (χ4v) is 2.53. The highest BCUT2D eigenvalue weighted by molar-refractivity contribution is 6.06. The van der Waals surface area contributed by atoms with Gasteiger partial charge < -0.3 is 15.4 Å². The Morgan fingerprint density at radius 1 is 1.19 bits per heavy atom. The number of para-hydroxylation sites is 1. The number of methoxy groups -OCH3 is 1. The molecule has 0 radical (unpaired) electrons. The summed E-state index contributed by atoms with van der Waals surface area (Å²) in [7, 11) is 1.58. The Morgan fingerprint density at radius 3 is 2.46 bits per heavy atom. The molecule has 0 aliphatic rings. The van der Waals surface area contributed by atoms with Crippen molar-refractivity contribution in [1.82, 2.24) is 0 Å². The van der Waals surface area contributed by atoms with Crippen LogP contribution in [0, 0.1) is 18.3 Å². The summed E-state index contributed by atoms with van der Waals surface area (Å²) in [4.78, 5) is 12.3. The maximum atomic E-state index is 12.3. The van der Waals surface area contributed by atoms with Gasteiger partial charge in [0.1, 0.15) is 17.4 Å². The van der Waals surface area contributed by atoms with Crippen molar-refractivity contribution in [2.24, 2.45) is 0 Å². The van der Waals surface area contributed by atoms with Gasteiger partial charge in [0.25, 0.3) is 5.91 Å². The van der Waals surface area contributed by atoms with Gasteiger partial charge in [0, 0.05) is 17.6 Å². The molecule has 0 unspecified atom stereocenters. The van der Waals surface area contributed by atoms with Crippen molar-refractivity contribution in [2.45, 2.75) is 26.7 Å². The molecule has 0 spiro atoms.